The second kappa shape index (κ2) is 7.09. The normalized spacial score (nSPS) is 15.9. The lowest BCUT2D eigenvalue weighted by atomic mass is 10.2. The van der Waals surface area contributed by atoms with Crippen LogP contribution in [0.2, 0.25) is 0 Å². The maximum Gasteiger partial charge on any atom is 0.217 e. The summed E-state index contributed by atoms with van der Waals surface area (Å²) < 4.78 is 17.3. The third-order valence-electron chi connectivity index (χ3n) is 3.75. The summed E-state index contributed by atoms with van der Waals surface area (Å²) in [5.74, 6) is 0.697. The number of rotatable bonds is 6. The summed E-state index contributed by atoms with van der Waals surface area (Å²) in [4.78, 5) is 6.65. The average Bonchev–Trinajstić information content (AvgIpc) is 2.99. The van der Waals surface area contributed by atoms with E-state index in [-0.39, 0.29) is 0 Å². The molecule has 1 aliphatic heterocycles. The third kappa shape index (κ3) is 3.09. The van der Waals surface area contributed by atoms with Crippen molar-refractivity contribution < 1.29 is 13.9 Å². The molecule has 0 spiro atoms. The molecule has 120 valence electrons. The van der Waals surface area contributed by atoms with Crippen LogP contribution in [-0.4, -0.2) is 44.4 Å². The third-order valence-corrected chi connectivity index (χ3v) is 3.75. The fourth-order valence-corrected chi connectivity index (χ4v) is 2.73. The summed E-state index contributed by atoms with van der Waals surface area (Å²) in [5, 5.41) is 4.34. The van der Waals surface area contributed by atoms with Crippen LogP contribution < -0.4 is 10.2 Å². The largest absolute Gasteiger partial charge is 0.453 e. The molecule has 1 saturated heterocycles. The molecule has 0 saturated carbocycles. The van der Waals surface area contributed by atoms with Gasteiger partial charge < -0.3 is 24.1 Å². The second-order valence-electron chi connectivity index (χ2n) is 5.21. The van der Waals surface area contributed by atoms with Gasteiger partial charge >= 0.3 is 0 Å². The number of piperazine rings is 1. The maximum absolute atomic E-state index is 6.07. The molecular weight excluding hydrogens is 282 g/mol. The van der Waals surface area contributed by atoms with Crippen molar-refractivity contribution in [3.8, 4) is 0 Å². The summed E-state index contributed by atoms with van der Waals surface area (Å²) in [6.07, 6.45) is 3.23. The zero-order valence-corrected chi connectivity index (χ0v) is 13.2. The minimum absolute atomic E-state index is 0.460. The van der Waals surface area contributed by atoms with Gasteiger partial charge in [-0.1, -0.05) is 0 Å². The Balaban J connectivity index is 1.94. The fraction of sp³-hybridized carbons (Fsp3) is 0.562. The monoisotopic (exact) mass is 305 g/mol. The maximum atomic E-state index is 6.07. The predicted molar refractivity (Wildman–Crippen MR) is 85.1 cm³/mol. The Labute approximate surface area is 130 Å². The highest BCUT2D eigenvalue weighted by atomic mass is 16.7. The van der Waals surface area contributed by atoms with Crippen LogP contribution in [0.25, 0.3) is 11.0 Å². The zero-order valence-electron chi connectivity index (χ0n) is 13.2. The molecule has 6 heteroatoms. The van der Waals surface area contributed by atoms with E-state index < -0.39 is 6.29 Å². The van der Waals surface area contributed by atoms with Gasteiger partial charge in [0.15, 0.2) is 11.3 Å². The van der Waals surface area contributed by atoms with E-state index in [1.165, 1.54) is 0 Å². The van der Waals surface area contributed by atoms with Gasteiger partial charge in [-0.15, -0.1) is 0 Å². The molecule has 0 bridgehead atoms. The molecule has 0 amide bonds. The van der Waals surface area contributed by atoms with E-state index in [0.717, 1.165) is 42.8 Å². The molecule has 1 aliphatic rings. The molecule has 2 aromatic rings. The number of hydrogen-bond acceptors (Lipinski definition) is 6. The van der Waals surface area contributed by atoms with Crippen LogP contribution in [0.1, 0.15) is 25.9 Å². The van der Waals surface area contributed by atoms with Crippen molar-refractivity contribution in [1.82, 2.24) is 10.3 Å². The van der Waals surface area contributed by atoms with Gasteiger partial charge in [-0.25, -0.2) is 0 Å². The average molecular weight is 305 g/mol. The van der Waals surface area contributed by atoms with Crippen molar-refractivity contribution in [3.05, 3.63) is 24.2 Å². The summed E-state index contributed by atoms with van der Waals surface area (Å²) >= 11 is 0. The number of anilines is 1. The van der Waals surface area contributed by atoms with Gasteiger partial charge in [0.1, 0.15) is 0 Å². The standard InChI is InChI=1S/C16H23N3O3/c1-3-20-16(21-4-2)14-9-12-10-18-11-13(15(12)22-14)19-7-5-17-6-8-19/h9-11,16-17H,3-8H2,1-2H3. The van der Waals surface area contributed by atoms with Crippen LogP contribution in [0.15, 0.2) is 22.9 Å². The van der Waals surface area contributed by atoms with Gasteiger partial charge in [-0.2, -0.15) is 0 Å². The summed E-state index contributed by atoms with van der Waals surface area (Å²) in [6.45, 7) is 8.91. The Hall–Kier alpha value is -1.63. The Morgan fingerprint density at radius 2 is 1.95 bits per heavy atom. The van der Waals surface area contributed by atoms with Gasteiger partial charge in [0.05, 0.1) is 11.9 Å². The molecule has 0 unspecified atom stereocenters. The van der Waals surface area contributed by atoms with Crippen LogP contribution in [0.4, 0.5) is 5.69 Å². The van der Waals surface area contributed by atoms with Crippen LogP contribution >= 0.6 is 0 Å². The Kier molecular flexibility index (Phi) is 4.92. The highest BCUT2D eigenvalue weighted by Gasteiger charge is 2.21. The summed E-state index contributed by atoms with van der Waals surface area (Å²) in [5.41, 5.74) is 1.90. The molecule has 0 radical (unpaired) electrons. The first-order chi connectivity index (χ1) is 10.8. The predicted octanol–water partition coefficient (Wildman–Crippen LogP) is 2.31. The molecular formula is C16H23N3O3. The number of nitrogens with zero attached hydrogens (tertiary/aromatic N) is 2. The quantitative estimate of drug-likeness (QED) is 0.827. The number of furan rings is 1. The van der Waals surface area contributed by atoms with E-state index in [0.29, 0.717) is 19.0 Å². The molecule has 0 aliphatic carbocycles. The van der Waals surface area contributed by atoms with E-state index in [1.54, 1.807) is 0 Å². The van der Waals surface area contributed by atoms with Gasteiger partial charge in [0.25, 0.3) is 0 Å². The van der Waals surface area contributed by atoms with Crippen LogP contribution in [0.5, 0.6) is 0 Å². The van der Waals surface area contributed by atoms with Crippen molar-refractivity contribution in [1.29, 1.82) is 0 Å². The van der Waals surface area contributed by atoms with Crippen LogP contribution in [0, 0.1) is 0 Å². The SMILES string of the molecule is CCOC(OCC)c1cc2cncc(N3CCNCC3)c2o1. The number of aromatic nitrogens is 1. The molecule has 3 rings (SSSR count). The van der Waals surface area contributed by atoms with Crippen LogP contribution in [0.3, 0.4) is 0 Å². The zero-order chi connectivity index (χ0) is 15.4. The van der Waals surface area contributed by atoms with E-state index in [9.17, 15) is 0 Å². The topological polar surface area (TPSA) is 59.8 Å². The van der Waals surface area contributed by atoms with E-state index in [4.69, 9.17) is 13.9 Å². The van der Waals surface area contributed by atoms with E-state index >= 15 is 0 Å². The van der Waals surface area contributed by atoms with Crippen molar-refractivity contribution in [2.45, 2.75) is 20.1 Å². The minimum atomic E-state index is -0.460. The molecule has 3 heterocycles. The molecule has 6 nitrogen and oxygen atoms in total. The lowest BCUT2D eigenvalue weighted by Gasteiger charge is -2.28. The fourth-order valence-electron chi connectivity index (χ4n) is 2.73. The lowest BCUT2D eigenvalue weighted by molar-refractivity contribution is -0.150. The number of ether oxygens (including phenoxy) is 2. The molecule has 2 aromatic heterocycles. The van der Waals surface area contributed by atoms with Crippen molar-refractivity contribution >= 4 is 16.7 Å². The Bertz CT molecular complexity index is 602. The summed E-state index contributed by atoms with van der Waals surface area (Å²) in [7, 11) is 0. The Morgan fingerprint density at radius 3 is 2.64 bits per heavy atom. The number of pyridine rings is 1. The van der Waals surface area contributed by atoms with E-state index in [1.807, 2.05) is 32.3 Å². The highest BCUT2D eigenvalue weighted by molar-refractivity contribution is 5.89. The van der Waals surface area contributed by atoms with Gasteiger partial charge in [0.2, 0.25) is 6.29 Å². The Morgan fingerprint density at radius 1 is 1.23 bits per heavy atom. The van der Waals surface area contributed by atoms with Crippen molar-refractivity contribution in [2.24, 2.45) is 0 Å². The molecule has 1 fully saturated rings. The smallest absolute Gasteiger partial charge is 0.217 e. The second-order valence-corrected chi connectivity index (χ2v) is 5.21. The lowest BCUT2D eigenvalue weighted by Crippen LogP contribution is -2.43. The number of hydrogen-bond donors (Lipinski definition) is 1. The van der Waals surface area contributed by atoms with Crippen molar-refractivity contribution in [2.75, 3.05) is 44.3 Å². The molecule has 0 aromatic carbocycles. The molecule has 0 atom stereocenters. The van der Waals surface area contributed by atoms with Gasteiger partial charge in [-0.3, -0.25) is 4.98 Å². The summed E-state index contributed by atoms with van der Waals surface area (Å²) in [6, 6.07) is 1.96. The van der Waals surface area contributed by atoms with Crippen molar-refractivity contribution in [3.63, 3.8) is 0 Å². The van der Waals surface area contributed by atoms with E-state index in [2.05, 4.69) is 15.2 Å². The first-order valence-electron chi connectivity index (χ1n) is 7.89. The van der Waals surface area contributed by atoms with Gasteiger partial charge in [0, 0.05) is 51.0 Å². The minimum Gasteiger partial charge on any atom is -0.453 e. The molecule has 1 N–H and O–H groups in total. The first-order valence-corrected chi connectivity index (χ1v) is 7.89. The molecule has 22 heavy (non-hydrogen) atoms. The van der Waals surface area contributed by atoms with Gasteiger partial charge in [-0.05, 0) is 19.9 Å². The number of fused-ring (bicyclic) bond motifs is 1. The highest BCUT2D eigenvalue weighted by Crippen LogP contribution is 2.32. The first kappa shape index (κ1) is 15.3. The number of nitrogens with one attached hydrogen (secondary N) is 1. The van der Waals surface area contributed by atoms with Crippen LogP contribution in [-0.2, 0) is 9.47 Å².